The monoisotopic (exact) mass is 472 g/mol. The molecule has 168 valence electrons. The summed E-state index contributed by atoms with van der Waals surface area (Å²) in [5.41, 5.74) is 1.31. The van der Waals surface area contributed by atoms with Gasteiger partial charge in [0.05, 0.1) is 6.54 Å². The van der Waals surface area contributed by atoms with Crippen LogP contribution in [0.2, 0.25) is 5.02 Å². The number of thiophene rings is 1. The summed E-state index contributed by atoms with van der Waals surface area (Å²) in [6.45, 7) is 6.49. The standard InChI is InChI=1S/C25H26ClFN2O2S/c1-17(2)29(25(31)20-7-9-21(26)10-8-20)16-24(30)28(15-23-13-4-18(3)32-23)14-19-5-11-22(27)12-6-19/h4-13,17H,14-16H2,1-3H3. The molecule has 2 aromatic carbocycles. The number of rotatable bonds is 8. The van der Waals surface area contributed by atoms with Crippen molar-refractivity contribution in [1.82, 2.24) is 9.80 Å². The van der Waals surface area contributed by atoms with E-state index in [1.165, 1.54) is 12.1 Å². The zero-order valence-electron chi connectivity index (χ0n) is 18.3. The lowest BCUT2D eigenvalue weighted by molar-refractivity contribution is -0.133. The molecular formula is C25H26ClFN2O2S. The largest absolute Gasteiger partial charge is 0.332 e. The van der Waals surface area contributed by atoms with Crippen molar-refractivity contribution in [3.05, 3.63) is 92.4 Å². The van der Waals surface area contributed by atoms with Crippen molar-refractivity contribution >= 4 is 34.8 Å². The highest BCUT2D eigenvalue weighted by Gasteiger charge is 2.25. The Morgan fingerprint density at radius 2 is 1.62 bits per heavy atom. The van der Waals surface area contributed by atoms with Gasteiger partial charge in [0, 0.05) is 32.9 Å². The predicted octanol–water partition coefficient (Wildman–Crippen LogP) is 5.93. The third-order valence-electron chi connectivity index (χ3n) is 5.06. The number of hydrogen-bond donors (Lipinski definition) is 0. The molecule has 0 spiro atoms. The normalized spacial score (nSPS) is 10.9. The van der Waals surface area contributed by atoms with Crippen LogP contribution in [0.1, 0.15) is 39.5 Å². The number of hydrogen-bond acceptors (Lipinski definition) is 3. The van der Waals surface area contributed by atoms with Crippen LogP contribution in [-0.4, -0.2) is 34.2 Å². The Labute approximate surface area is 197 Å². The van der Waals surface area contributed by atoms with Crippen LogP contribution in [-0.2, 0) is 17.9 Å². The maximum Gasteiger partial charge on any atom is 0.254 e. The molecular weight excluding hydrogens is 447 g/mol. The Morgan fingerprint density at radius 3 is 2.19 bits per heavy atom. The van der Waals surface area contributed by atoms with E-state index in [0.717, 1.165) is 15.3 Å². The van der Waals surface area contributed by atoms with Gasteiger partial charge in [-0.15, -0.1) is 11.3 Å². The Kier molecular flexibility index (Phi) is 8.04. The average Bonchev–Trinajstić information content (AvgIpc) is 3.17. The molecule has 0 saturated heterocycles. The van der Waals surface area contributed by atoms with Gasteiger partial charge in [-0.1, -0.05) is 23.7 Å². The summed E-state index contributed by atoms with van der Waals surface area (Å²) >= 11 is 7.57. The SMILES string of the molecule is Cc1ccc(CN(Cc2ccc(F)cc2)C(=O)CN(C(=O)c2ccc(Cl)cc2)C(C)C)s1. The molecule has 0 fully saturated rings. The number of amides is 2. The smallest absolute Gasteiger partial charge is 0.254 e. The second kappa shape index (κ2) is 10.7. The van der Waals surface area contributed by atoms with E-state index in [-0.39, 0.29) is 30.2 Å². The summed E-state index contributed by atoms with van der Waals surface area (Å²) in [6.07, 6.45) is 0. The molecule has 1 heterocycles. The van der Waals surface area contributed by atoms with E-state index in [1.54, 1.807) is 57.5 Å². The molecule has 0 N–H and O–H groups in total. The molecule has 32 heavy (non-hydrogen) atoms. The molecule has 0 aliphatic carbocycles. The van der Waals surface area contributed by atoms with E-state index in [4.69, 9.17) is 11.6 Å². The summed E-state index contributed by atoms with van der Waals surface area (Å²) in [5.74, 6) is -0.713. The first-order valence-corrected chi connectivity index (χ1v) is 11.6. The fourth-order valence-corrected chi connectivity index (χ4v) is 4.33. The Morgan fingerprint density at radius 1 is 0.969 bits per heavy atom. The molecule has 0 aliphatic rings. The van der Waals surface area contributed by atoms with Crippen LogP contribution in [0.3, 0.4) is 0 Å². The van der Waals surface area contributed by atoms with Gasteiger partial charge in [0.25, 0.3) is 5.91 Å². The average molecular weight is 473 g/mol. The van der Waals surface area contributed by atoms with E-state index in [1.807, 2.05) is 32.9 Å². The minimum atomic E-state index is -0.319. The van der Waals surface area contributed by atoms with Gasteiger partial charge in [0.15, 0.2) is 0 Å². The van der Waals surface area contributed by atoms with Gasteiger partial charge in [-0.2, -0.15) is 0 Å². The Bertz CT molecular complexity index is 1060. The van der Waals surface area contributed by atoms with Crippen LogP contribution in [0.5, 0.6) is 0 Å². The summed E-state index contributed by atoms with van der Waals surface area (Å²) < 4.78 is 13.3. The van der Waals surface area contributed by atoms with E-state index < -0.39 is 0 Å². The van der Waals surface area contributed by atoms with Crippen molar-refractivity contribution in [1.29, 1.82) is 0 Å². The first kappa shape index (κ1) is 24.0. The van der Waals surface area contributed by atoms with Gasteiger partial charge in [-0.05, 0) is 74.9 Å². The molecule has 0 radical (unpaired) electrons. The van der Waals surface area contributed by atoms with Gasteiger partial charge in [-0.25, -0.2) is 4.39 Å². The predicted molar refractivity (Wildman–Crippen MR) is 127 cm³/mol. The zero-order chi connectivity index (χ0) is 23.3. The molecule has 0 aliphatic heterocycles. The maximum absolute atomic E-state index is 13.4. The number of nitrogens with zero attached hydrogens (tertiary/aromatic N) is 2. The van der Waals surface area contributed by atoms with Crippen molar-refractivity contribution in [2.75, 3.05) is 6.54 Å². The summed E-state index contributed by atoms with van der Waals surface area (Å²) in [5, 5.41) is 0.547. The van der Waals surface area contributed by atoms with Crippen LogP contribution in [0, 0.1) is 12.7 Å². The summed E-state index contributed by atoms with van der Waals surface area (Å²) in [6, 6.07) is 16.6. The zero-order valence-corrected chi connectivity index (χ0v) is 19.9. The molecule has 7 heteroatoms. The highest BCUT2D eigenvalue weighted by atomic mass is 35.5. The minimum Gasteiger partial charge on any atom is -0.332 e. The second-order valence-corrected chi connectivity index (χ2v) is 9.73. The van der Waals surface area contributed by atoms with Gasteiger partial charge >= 0.3 is 0 Å². The van der Waals surface area contributed by atoms with E-state index in [0.29, 0.717) is 23.7 Å². The molecule has 3 rings (SSSR count). The van der Waals surface area contributed by atoms with Crippen LogP contribution in [0.25, 0.3) is 0 Å². The summed E-state index contributed by atoms with van der Waals surface area (Å²) in [4.78, 5) is 31.9. The number of carbonyl (C=O) groups is 2. The lowest BCUT2D eigenvalue weighted by Crippen LogP contribution is -2.45. The topological polar surface area (TPSA) is 40.6 Å². The summed E-state index contributed by atoms with van der Waals surface area (Å²) in [7, 11) is 0. The molecule has 0 bridgehead atoms. The molecule has 1 aromatic heterocycles. The van der Waals surface area contributed by atoms with Crippen LogP contribution in [0.4, 0.5) is 4.39 Å². The lowest BCUT2D eigenvalue weighted by atomic mass is 10.1. The van der Waals surface area contributed by atoms with Gasteiger partial charge in [0.1, 0.15) is 12.4 Å². The van der Waals surface area contributed by atoms with E-state index in [9.17, 15) is 14.0 Å². The Hall–Kier alpha value is -2.70. The van der Waals surface area contributed by atoms with Gasteiger partial charge in [-0.3, -0.25) is 9.59 Å². The molecule has 4 nitrogen and oxygen atoms in total. The molecule has 0 unspecified atom stereocenters. The number of carbonyl (C=O) groups excluding carboxylic acids is 2. The first-order valence-electron chi connectivity index (χ1n) is 10.4. The molecule has 0 atom stereocenters. The van der Waals surface area contributed by atoms with Crippen molar-refractivity contribution in [3.8, 4) is 0 Å². The fraction of sp³-hybridized carbons (Fsp3) is 0.280. The highest BCUT2D eigenvalue weighted by molar-refractivity contribution is 7.11. The maximum atomic E-state index is 13.4. The van der Waals surface area contributed by atoms with Crippen molar-refractivity contribution in [2.24, 2.45) is 0 Å². The van der Waals surface area contributed by atoms with Crippen LogP contribution in [0.15, 0.2) is 60.7 Å². The number of benzene rings is 2. The molecule has 3 aromatic rings. The highest BCUT2D eigenvalue weighted by Crippen LogP contribution is 2.20. The second-order valence-electron chi connectivity index (χ2n) is 7.92. The third-order valence-corrected chi connectivity index (χ3v) is 6.30. The number of halogens is 2. The van der Waals surface area contributed by atoms with Gasteiger partial charge < -0.3 is 9.80 Å². The van der Waals surface area contributed by atoms with Crippen LogP contribution >= 0.6 is 22.9 Å². The minimum absolute atomic E-state index is 0.0509. The van der Waals surface area contributed by atoms with Crippen molar-refractivity contribution in [2.45, 2.75) is 39.9 Å². The first-order chi connectivity index (χ1) is 15.2. The fourth-order valence-electron chi connectivity index (χ4n) is 3.29. The van der Waals surface area contributed by atoms with Crippen molar-refractivity contribution < 1.29 is 14.0 Å². The molecule has 0 saturated carbocycles. The van der Waals surface area contributed by atoms with Gasteiger partial charge in [0.2, 0.25) is 5.91 Å². The molecule has 2 amide bonds. The quantitative estimate of drug-likeness (QED) is 0.407. The van der Waals surface area contributed by atoms with Crippen LogP contribution < -0.4 is 0 Å². The number of aryl methyl sites for hydroxylation is 1. The van der Waals surface area contributed by atoms with E-state index in [2.05, 4.69) is 0 Å². The third kappa shape index (κ3) is 6.40. The van der Waals surface area contributed by atoms with E-state index >= 15 is 0 Å². The van der Waals surface area contributed by atoms with Crippen molar-refractivity contribution in [3.63, 3.8) is 0 Å². The Balaban J connectivity index is 1.81. The lowest BCUT2D eigenvalue weighted by Gasteiger charge is -2.30.